The molecular formula is C15H23N3O5S. The molecule has 0 radical (unpaired) electrons. The Labute approximate surface area is 141 Å². The van der Waals surface area contributed by atoms with Crippen LogP contribution in [0.3, 0.4) is 0 Å². The Hall–Kier alpha value is -2.13. The first-order chi connectivity index (χ1) is 10.9. The van der Waals surface area contributed by atoms with Gasteiger partial charge in [-0.15, -0.1) is 0 Å². The largest absolute Gasteiger partial charge is 0.481 e. The van der Waals surface area contributed by atoms with Gasteiger partial charge in [0.05, 0.1) is 4.90 Å². The minimum atomic E-state index is -3.59. The van der Waals surface area contributed by atoms with Crippen molar-refractivity contribution < 1.29 is 23.1 Å². The summed E-state index contributed by atoms with van der Waals surface area (Å²) in [4.78, 5) is 22.7. The molecule has 134 valence electrons. The maximum atomic E-state index is 12.1. The fourth-order valence-electron chi connectivity index (χ4n) is 1.90. The predicted octanol–water partition coefficient (Wildman–Crippen LogP) is 1.70. The minimum Gasteiger partial charge on any atom is -0.481 e. The summed E-state index contributed by atoms with van der Waals surface area (Å²) in [6.45, 7) is 3.42. The average Bonchev–Trinajstić information content (AvgIpc) is 2.44. The van der Waals surface area contributed by atoms with E-state index in [1.807, 2.05) is 0 Å². The number of nitrogens with zero attached hydrogens (tertiary/aromatic N) is 1. The number of anilines is 1. The number of aliphatic carboxylic acids is 1. The number of hydrogen-bond acceptors (Lipinski definition) is 4. The zero-order valence-corrected chi connectivity index (χ0v) is 15.0. The van der Waals surface area contributed by atoms with E-state index < -0.39 is 27.6 Å². The van der Waals surface area contributed by atoms with E-state index in [-0.39, 0.29) is 17.7 Å². The molecule has 0 aliphatic heterocycles. The zero-order valence-electron chi connectivity index (χ0n) is 14.2. The Morgan fingerprint density at radius 3 is 2.42 bits per heavy atom. The zero-order chi connectivity index (χ0) is 18.5. The summed E-state index contributed by atoms with van der Waals surface area (Å²) in [6, 6.07) is 5.36. The molecule has 0 unspecified atom stereocenters. The fraction of sp³-hybridized carbons (Fsp3) is 0.467. The van der Waals surface area contributed by atoms with Gasteiger partial charge in [-0.2, -0.15) is 0 Å². The van der Waals surface area contributed by atoms with E-state index >= 15 is 0 Å². The van der Waals surface area contributed by atoms with Crippen LogP contribution in [0, 0.1) is 0 Å². The molecule has 0 aliphatic carbocycles. The van der Waals surface area contributed by atoms with Crippen molar-refractivity contribution in [1.29, 1.82) is 0 Å². The van der Waals surface area contributed by atoms with Gasteiger partial charge in [-0.3, -0.25) is 4.79 Å². The molecule has 9 heteroatoms. The van der Waals surface area contributed by atoms with Crippen molar-refractivity contribution in [3.8, 4) is 0 Å². The SMILES string of the molecule is CN(C)S(=O)(=O)c1cccc(NC(=O)NC(C)(C)CCC(=O)O)c1. The van der Waals surface area contributed by atoms with Crippen LogP contribution in [0.25, 0.3) is 0 Å². The van der Waals surface area contributed by atoms with E-state index in [1.165, 1.54) is 32.3 Å². The number of carboxylic acid groups (broad SMARTS) is 1. The van der Waals surface area contributed by atoms with Gasteiger partial charge in [0.1, 0.15) is 0 Å². The highest BCUT2D eigenvalue weighted by molar-refractivity contribution is 7.89. The molecule has 24 heavy (non-hydrogen) atoms. The molecular weight excluding hydrogens is 334 g/mol. The normalized spacial score (nSPS) is 12.0. The van der Waals surface area contributed by atoms with Gasteiger partial charge in [0.25, 0.3) is 0 Å². The topological polar surface area (TPSA) is 116 Å². The Morgan fingerprint density at radius 1 is 1.25 bits per heavy atom. The second-order valence-corrected chi connectivity index (χ2v) is 8.32. The molecule has 0 aromatic heterocycles. The molecule has 1 aromatic carbocycles. The average molecular weight is 357 g/mol. The van der Waals surface area contributed by atoms with Crippen molar-refractivity contribution >= 4 is 27.7 Å². The van der Waals surface area contributed by atoms with Crippen LogP contribution in [0.5, 0.6) is 0 Å². The molecule has 0 heterocycles. The van der Waals surface area contributed by atoms with Crippen LogP contribution < -0.4 is 10.6 Å². The van der Waals surface area contributed by atoms with Gasteiger partial charge in [0.2, 0.25) is 10.0 Å². The molecule has 0 aliphatic rings. The number of sulfonamides is 1. The number of carbonyl (C=O) groups is 2. The summed E-state index contributed by atoms with van der Waals surface area (Å²) in [5.41, 5.74) is -0.389. The molecule has 0 bridgehead atoms. The summed E-state index contributed by atoms with van der Waals surface area (Å²) in [5.74, 6) is -0.938. The summed E-state index contributed by atoms with van der Waals surface area (Å²) >= 11 is 0. The van der Waals surface area contributed by atoms with Gasteiger partial charge in [0, 0.05) is 31.7 Å². The van der Waals surface area contributed by atoms with Crippen molar-refractivity contribution in [2.24, 2.45) is 0 Å². The summed E-state index contributed by atoms with van der Waals surface area (Å²) in [6.07, 6.45) is 0.203. The van der Waals surface area contributed by atoms with Gasteiger partial charge < -0.3 is 15.7 Å². The van der Waals surface area contributed by atoms with E-state index in [4.69, 9.17) is 5.11 Å². The Balaban J connectivity index is 2.80. The summed E-state index contributed by atoms with van der Waals surface area (Å²) < 4.78 is 25.3. The van der Waals surface area contributed by atoms with E-state index in [9.17, 15) is 18.0 Å². The molecule has 3 N–H and O–H groups in total. The lowest BCUT2D eigenvalue weighted by Gasteiger charge is -2.25. The van der Waals surface area contributed by atoms with Crippen LogP contribution >= 0.6 is 0 Å². The second-order valence-electron chi connectivity index (χ2n) is 6.17. The van der Waals surface area contributed by atoms with Gasteiger partial charge >= 0.3 is 12.0 Å². The number of nitrogens with one attached hydrogen (secondary N) is 2. The van der Waals surface area contributed by atoms with E-state index in [1.54, 1.807) is 19.9 Å². The van der Waals surface area contributed by atoms with E-state index in [2.05, 4.69) is 10.6 Å². The van der Waals surface area contributed by atoms with Crippen LogP contribution in [0.1, 0.15) is 26.7 Å². The summed E-state index contributed by atoms with van der Waals surface area (Å²) in [7, 11) is -0.745. The Bertz CT molecular complexity index is 714. The highest BCUT2D eigenvalue weighted by atomic mass is 32.2. The van der Waals surface area contributed by atoms with Gasteiger partial charge in [-0.05, 0) is 38.5 Å². The van der Waals surface area contributed by atoms with Crippen LogP contribution in [0.4, 0.5) is 10.5 Å². The maximum absolute atomic E-state index is 12.1. The number of urea groups is 1. The third-order valence-corrected chi connectivity index (χ3v) is 5.10. The monoisotopic (exact) mass is 357 g/mol. The maximum Gasteiger partial charge on any atom is 0.319 e. The number of carboxylic acids is 1. The second kappa shape index (κ2) is 7.63. The highest BCUT2D eigenvalue weighted by Crippen LogP contribution is 2.18. The van der Waals surface area contributed by atoms with Crippen molar-refractivity contribution in [1.82, 2.24) is 9.62 Å². The number of carbonyl (C=O) groups excluding carboxylic acids is 1. The molecule has 8 nitrogen and oxygen atoms in total. The summed E-state index contributed by atoms with van der Waals surface area (Å²) in [5, 5.41) is 13.9. The lowest BCUT2D eigenvalue weighted by molar-refractivity contribution is -0.137. The first-order valence-corrected chi connectivity index (χ1v) is 8.71. The van der Waals surface area contributed by atoms with E-state index in [0.29, 0.717) is 5.69 Å². The fourth-order valence-corrected chi connectivity index (χ4v) is 2.84. The lowest BCUT2D eigenvalue weighted by atomic mass is 9.99. The lowest BCUT2D eigenvalue weighted by Crippen LogP contribution is -2.45. The molecule has 0 atom stereocenters. The third-order valence-electron chi connectivity index (χ3n) is 3.29. The quantitative estimate of drug-likeness (QED) is 0.687. The predicted molar refractivity (Wildman–Crippen MR) is 90.4 cm³/mol. The van der Waals surface area contributed by atoms with E-state index in [0.717, 1.165) is 4.31 Å². The van der Waals surface area contributed by atoms with Gasteiger partial charge in [0.15, 0.2) is 0 Å². The number of hydrogen-bond donors (Lipinski definition) is 3. The molecule has 0 fully saturated rings. The smallest absolute Gasteiger partial charge is 0.319 e. The number of rotatable bonds is 7. The first kappa shape index (κ1) is 19.9. The highest BCUT2D eigenvalue weighted by Gasteiger charge is 2.22. The molecule has 0 saturated carbocycles. The molecule has 0 saturated heterocycles. The number of amides is 2. The van der Waals surface area contributed by atoms with Gasteiger partial charge in [-0.25, -0.2) is 17.5 Å². The Morgan fingerprint density at radius 2 is 1.88 bits per heavy atom. The first-order valence-electron chi connectivity index (χ1n) is 7.27. The van der Waals surface area contributed by atoms with Gasteiger partial charge in [-0.1, -0.05) is 6.07 Å². The minimum absolute atomic E-state index is 0.0652. The van der Waals surface area contributed by atoms with Crippen molar-refractivity contribution in [3.05, 3.63) is 24.3 Å². The van der Waals surface area contributed by atoms with Crippen LogP contribution in [0.2, 0.25) is 0 Å². The standard InChI is InChI=1S/C15H23N3O5S/c1-15(2,9-8-13(19)20)17-14(21)16-11-6-5-7-12(10-11)24(22,23)18(3)4/h5-7,10H,8-9H2,1-4H3,(H,19,20)(H2,16,17,21). The van der Waals surface area contributed by atoms with Crippen LogP contribution in [-0.4, -0.2) is 49.5 Å². The third kappa shape index (κ3) is 5.82. The van der Waals surface area contributed by atoms with Crippen molar-refractivity contribution in [3.63, 3.8) is 0 Å². The molecule has 1 aromatic rings. The molecule has 0 spiro atoms. The molecule has 2 amide bonds. The Kier molecular flexibility index (Phi) is 6.33. The van der Waals surface area contributed by atoms with Crippen LogP contribution in [-0.2, 0) is 14.8 Å². The number of benzene rings is 1. The van der Waals surface area contributed by atoms with Crippen molar-refractivity contribution in [2.45, 2.75) is 37.1 Å². The van der Waals surface area contributed by atoms with Crippen LogP contribution in [0.15, 0.2) is 29.2 Å². The van der Waals surface area contributed by atoms with Crippen molar-refractivity contribution in [2.75, 3.05) is 19.4 Å². The molecule has 1 rings (SSSR count).